The Morgan fingerprint density at radius 3 is 1.00 bits per heavy atom. The number of hydroxylamine groups is 2. The maximum Gasteiger partial charge on any atom is 0.325 e. The fourth-order valence-corrected chi connectivity index (χ4v) is 7.24. The van der Waals surface area contributed by atoms with Crippen LogP contribution in [0.4, 0.5) is 0 Å². The monoisotopic (exact) mass is 713 g/mol. The van der Waals surface area contributed by atoms with Crippen molar-refractivity contribution in [2.75, 3.05) is 38.6 Å². The van der Waals surface area contributed by atoms with Crippen molar-refractivity contribution in [3.05, 3.63) is 0 Å². The fourth-order valence-electron chi connectivity index (χ4n) is 7.00. The maximum atomic E-state index is 12.7. The van der Waals surface area contributed by atoms with Gasteiger partial charge in [-0.2, -0.15) is 0 Å². The van der Waals surface area contributed by atoms with Crippen molar-refractivity contribution in [2.45, 2.75) is 239 Å². The van der Waals surface area contributed by atoms with Gasteiger partial charge in [0.2, 0.25) is 0 Å². The van der Waals surface area contributed by atoms with Gasteiger partial charge in [0.05, 0.1) is 0 Å². The highest BCUT2D eigenvalue weighted by Crippen LogP contribution is 2.15. The SMILES string of the molecule is CCCCCCCCCCCCN(CCCl)CCCCCCCCCC(=O)ON(CCCCCCCCCC)CCCCCCCCCC. The first-order valence-corrected chi connectivity index (χ1v) is 22.9. The lowest BCUT2D eigenvalue weighted by atomic mass is 10.1. The molecule has 0 aliphatic heterocycles. The van der Waals surface area contributed by atoms with Crippen molar-refractivity contribution in [1.82, 2.24) is 9.96 Å². The summed E-state index contributed by atoms with van der Waals surface area (Å²) in [6, 6.07) is 0. The van der Waals surface area contributed by atoms with Crippen LogP contribution in [0, 0.1) is 0 Å². The van der Waals surface area contributed by atoms with E-state index >= 15 is 0 Å². The minimum absolute atomic E-state index is 0.0130. The molecule has 0 aromatic rings. The molecule has 0 unspecified atom stereocenters. The molecule has 5 heteroatoms. The van der Waals surface area contributed by atoms with Crippen LogP contribution in [0.3, 0.4) is 0 Å². The number of carbonyl (C=O) groups is 1. The van der Waals surface area contributed by atoms with Gasteiger partial charge in [-0.1, -0.05) is 201 Å². The van der Waals surface area contributed by atoms with Gasteiger partial charge in [-0.05, 0) is 45.2 Å². The van der Waals surface area contributed by atoms with E-state index in [2.05, 4.69) is 25.7 Å². The second-order valence-corrected chi connectivity index (χ2v) is 15.7. The molecule has 0 fully saturated rings. The molecule has 294 valence electrons. The molecule has 0 N–H and O–H groups in total. The molecular formula is C44H89ClN2O2. The zero-order valence-corrected chi connectivity index (χ0v) is 34.6. The van der Waals surface area contributed by atoms with E-state index in [4.69, 9.17) is 16.4 Å². The van der Waals surface area contributed by atoms with Crippen molar-refractivity contribution in [1.29, 1.82) is 0 Å². The van der Waals surface area contributed by atoms with E-state index in [0.29, 0.717) is 6.42 Å². The Morgan fingerprint density at radius 1 is 0.388 bits per heavy atom. The van der Waals surface area contributed by atoms with Crippen molar-refractivity contribution >= 4 is 17.6 Å². The van der Waals surface area contributed by atoms with Gasteiger partial charge in [-0.15, -0.1) is 16.7 Å². The van der Waals surface area contributed by atoms with Crippen LogP contribution in [0.5, 0.6) is 0 Å². The van der Waals surface area contributed by atoms with E-state index in [1.807, 2.05) is 5.06 Å². The largest absolute Gasteiger partial charge is 0.368 e. The molecule has 0 saturated heterocycles. The Morgan fingerprint density at radius 2 is 0.673 bits per heavy atom. The second kappa shape index (κ2) is 42.1. The predicted octanol–water partition coefficient (Wildman–Crippen LogP) is 14.6. The van der Waals surface area contributed by atoms with Crippen LogP contribution in [0.2, 0.25) is 0 Å². The summed E-state index contributed by atoms with van der Waals surface area (Å²) in [5.41, 5.74) is 0. The summed E-state index contributed by atoms with van der Waals surface area (Å²) < 4.78 is 0. The van der Waals surface area contributed by atoms with Crippen LogP contribution >= 0.6 is 11.6 Å². The Balaban J connectivity index is 4.01. The lowest BCUT2D eigenvalue weighted by molar-refractivity contribution is -0.191. The standard InChI is InChI=1S/C44H89ClN2O2/c1-4-7-10-13-16-19-20-23-28-33-39-46(43-38-45)40-34-29-24-21-22-27-32-37-44(48)49-47(41-35-30-25-17-14-11-8-5-2)42-36-31-26-18-15-12-9-6-3/h4-43H2,1-3H3. The first-order chi connectivity index (χ1) is 24.2. The van der Waals surface area contributed by atoms with Crippen LogP contribution in [-0.2, 0) is 9.63 Å². The molecular weight excluding hydrogens is 624 g/mol. The Hall–Kier alpha value is -0.320. The zero-order chi connectivity index (χ0) is 35.7. The third kappa shape index (κ3) is 38.7. The summed E-state index contributed by atoms with van der Waals surface area (Å²) in [6.07, 6.45) is 44.1. The van der Waals surface area contributed by atoms with Crippen molar-refractivity contribution < 1.29 is 9.63 Å². The molecule has 0 saturated carbocycles. The maximum absolute atomic E-state index is 12.7. The lowest BCUT2D eigenvalue weighted by Crippen LogP contribution is -2.29. The Labute approximate surface area is 313 Å². The number of rotatable bonds is 42. The topological polar surface area (TPSA) is 32.8 Å². The summed E-state index contributed by atoms with van der Waals surface area (Å²) >= 11 is 6.12. The lowest BCUT2D eigenvalue weighted by Gasteiger charge is -2.21. The third-order valence-corrected chi connectivity index (χ3v) is 10.5. The molecule has 0 heterocycles. The van der Waals surface area contributed by atoms with Crippen LogP contribution in [0.15, 0.2) is 0 Å². The highest BCUT2D eigenvalue weighted by Gasteiger charge is 2.12. The van der Waals surface area contributed by atoms with E-state index in [1.54, 1.807) is 0 Å². The number of unbranched alkanes of at least 4 members (excludes halogenated alkanes) is 29. The molecule has 0 aromatic heterocycles. The molecule has 0 amide bonds. The van der Waals surface area contributed by atoms with E-state index < -0.39 is 0 Å². The van der Waals surface area contributed by atoms with Crippen LogP contribution in [0.25, 0.3) is 0 Å². The van der Waals surface area contributed by atoms with Gasteiger partial charge in [0, 0.05) is 31.9 Å². The third-order valence-electron chi connectivity index (χ3n) is 10.3. The number of carbonyl (C=O) groups excluding carboxylic acids is 1. The fraction of sp³-hybridized carbons (Fsp3) is 0.977. The summed E-state index contributed by atoms with van der Waals surface area (Å²) in [6.45, 7) is 12.1. The molecule has 0 aromatic carbocycles. The molecule has 0 atom stereocenters. The van der Waals surface area contributed by atoms with Crippen LogP contribution < -0.4 is 0 Å². The molecule has 0 aliphatic rings. The second-order valence-electron chi connectivity index (χ2n) is 15.3. The number of hydrogen-bond acceptors (Lipinski definition) is 4. The zero-order valence-electron chi connectivity index (χ0n) is 33.9. The first kappa shape index (κ1) is 48.7. The minimum Gasteiger partial charge on any atom is -0.368 e. The molecule has 0 radical (unpaired) electrons. The van der Waals surface area contributed by atoms with Gasteiger partial charge in [0.1, 0.15) is 0 Å². The predicted molar refractivity (Wildman–Crippen MR) is 219 cm³/mol. The first-order valence-electron chi connectivity index (χ1n) is 22.4. The van der Waals surface area contributed by atoms with Crippen LogP contribution in [0.1, 0.15) is 239 Å². The van der Waals surface area contributed by atoms with Crippen molar-refractivity contribution in [2.24, 2.45) is 0 Å². The summed E-state index contributed by atoms with van der Waals surface area (Å²) in [4.78, 5) is 21.2. The van der Waals surface area contributed by atoms with Gasteiger partial charge < -0.3 is 9.74 Å². The summed E-state index contributed by atoms with van der Waals surface area (Å²) in [5, 5.41) is 2.01. The van der Waals surface area contributed by atoms with E-state index in [-0.39, 0.29) is 5.97 Å². The highest BCUT2D eigenvalue weighted by molar-refractivity contribution is 6.18. The number of nitrogens with zero attached hydrogens (tertiary/aromatic N) is 2. The highest BCUT2D eigenvalue weighted by atomic mass is 35.5. The quantitative estimate of drug-likeness (QED) is 0.0358. The molecule has 0 spiro atoms. The number of halogens is 1. The summed E-state index contributed by atoms with van der Waals surface area (Å²) in [7, 11) is 0. The molecule has 0 aliphatic carbocycles. The van der Waals surface area contributed by atoms with E-state index in [1.165, 1.54) is 199 Å². The average Bonchev–Trinajstić information content (AvgIpc) is 3.10. The normalized spacial score (nSPS) is 11.7. The van der Waals surface area contributed by atoms with E-state index in [0.717, 1.165) is 51.2 Å². The minimum atomic E-state index is -0.0130. The van der Waals surface area contributed by atoms with Gasteiger partial charge in [0.15, 0.2) is 0 Å². The molecule has 0 bridgehead atoms. The molecule has 4 nitrogen and oxygen atoms in total. The van der Waals surface area contributed by atoms with Crippen molar-refractivity contribution in [3.8, 4) is 0 Å². The van der Waals surface area contributed by atoms with Crippen molar-refractivity contribution in [3.63, 3.8) is 0 Å². The van der Waals surface area contributed by atoms with Gasteiger partial charge in [-0.25, -0.2) is 0 Å². The Bertz CT molecular complexity index is 614. The van der Waals surface area contributed by atoms with Crippen LogP contribution in [-0.4, -0.2) is 54.5 Å². The van der Waals surface area contributed by atoms with Gasteiger partial charge in [0.25, 0.3) is 0 Å². The van der Waals surface area contributed by atoms with Gasteiger partial charge >= 0.3 is 5.97 Å². The van der Waals surface area contributed by atoms with Gasteiger partial charge in [-0.3, -0.25) is 4.79 Å². The smallest absolute Gasteiger partial charge is 0.325 e. The van der Waals surface area contributed by atoms with E-state index in [9.17, 15) is 4.79 Å². The number of alkyl halides is 1. The average molecular weight is 714 g/mol. The Kier molecular flexibility index (Phi) is 41.8. The molecule has 0 rings (SSSR count). The summed E-state index contributed by atoms with van der Waals surface area (Å²) in [5.74, 6) is 0.733. The number of hydrogen-bond donors (Lipinski definition) is 0. The molecule has 49 heavy (non-hydrogen) atoms.